The second-order valence-corrected chi connectivity index (χ2v) is 4.84. The molecule has 0 N–H and O–H groups in total. The van der Waals surface area contributed by atoms with E-state index in [1.165, 1.54) is 0 Å². The quantitative estimate of drug-likeness (QED) is 0.734. The lowest BCUT2D eigenvalue weighted by Crippen LogP contribution is -2.26. The monoisotopic (exact) mass is 284 g/mol. The molecule has 0 aliphatic carbocycles. The van der Waals surface area contributed by atoms with E-state index >= 15 is 0 Å². The molecule has 1 aromatic heterocycles. The summed E-state index contributed by atoms with van der Waals surface area (Å²) in [5.41, 5.74) is 0.897. The number of carbonyl (C=O) groups excluding carboxylic acids is 1. The summed E-state index contributed by atoms with van der Waals surface area (Å²) in [4.78, 5) is 17.9. The Morgan fingerprint density at radius 2 is 1.90 bits per heavy atom. The van der Waals surface area contributed by atoms with Crippen molar-refractivity contribution in [2.45, 2.75) is 19.4 Å². The molecule has 0 bridgehead atoms. The van der Waals surface area contributed by atoms with Gasteiger partial charge in [-0.2, -0.15) is 0 Å². The molecule has 0 unspecified atom stereocenters. The maximum atomic E-state index is 12.0. The first-order valence-electron chi connectivity index (χ1n) is 7.07. The summed E-state index contributed by atoms with van der Waals surface area (Å²) in [7, 11) is 1.80. The second kappa shape index (κ2) is 8.04. The summed E-state index contributed by atoms with van der Waals surface area (Å²) >= 11 is 0. The average molecular weight is 284 g/mol. The summed E-state index contributed by atoms with van der Waals surface area (Å²) in [5, 5.41) is 0. The molecule has 1 amide bonds. The highest BCUT2D eigenvalue weighted by Gasteiger charge is 2.09. The zero-order chi connectivity index (χ0) is 14.9. The number of hydrogen-bond donors (Lipinski definition) is 0. The number of para-hydroxylation sites is 1. The van der Waals surface area contributed by atoms with Gasteiger partial charge >= 0.3 is 0 Å². The van der Waals surface area contributed by atoms with Gasteiger partial charge in [0, 0.05) is 19.7 Å². The van der Waals surface area contributed by atoms with Crippen molar-refractivity contribution < 1.29 is 9.53 Å². The zero-order valence-electron chi connectivity index (χ0n) is 12.2. The summed E-state index contributed by atoms with van der Waals surface area (Å²) in [6.45, 7) is 1.09. The smallest absolute Gasteiger partial charge is 0.222 e. The van der Waals surface area contributed by atoms with Gasteiger partial charge in [0.2, 0.25) is 5.91 Å². The molecule has 0 atom stereocenters. The van der Waals surface area contributed by atoms with Crippen molar-refractivity contribution in [2.24, 2.45) is 0 Å². The minimum absolute atomic E-state index is 0.109. The van der Waals surface area contributed by atoms with Gasteiger partial charge in [0.25, 0.3) is 0 Å². The first-order valence-corrected chi connectivity index (χ1v) is 7.07. The van der Waals surface area contributed by atoms with Gasteiger partial charge < -0.3 is 9.64 Å². The van der Waals surface area contributed by atoms with Gasteiger partial charge in [0.05, 0.1) is 18.8 Å². The average Bonchev–Trinajstić information content (AvgIpc) is 2.53. The Bertz CT molecular complexity index is 543. The zero-order valence-corrected chi connectivity index (χ0v) is 12.2. The molecule has 2 aromatic rings. The lowest BCUT2D eigenvalue weighted by atomic mass is 10.2. The van der Waals surface area contributed by atoms with Gasteiger partial charge in [-0.15, -0.1) is 0 Å². The number of aromatic nitrogens is 1. The van der Waals surface area contributed by atoms with E-state index in [1.54, 1.807) is 18.1 Å². The van der Waals surface area contributed by atoms with Crippen molar-refractivity contribution in [1.29, 1.82) is 0 Å². The lowest BCUT2D eigenvalue weighted by molar-refractivity contribution is -0.130. The maximum absolute atomic E-state index is 12.0. The molecule has 0 aliphatic rings. The van der Waals surface area contributed by atoms with Crippen molar-refractivity contribution >= 4 is 5.91 Å². The van der Waals surface area contributed by atoms with E-state index in [0.29, 0.717) is 26.0 Å². The lowest BCUT2D eigenvalue weighted by Gasteiger charge is -2.16. The molecule has 0 saturated carbocycles. The van der Waals surface area contributed by atoms with Crippen molar-refractivity contribution in [3.63, 3.8) is 0 Å². The number of rotatable bonds is 7. The molecule has 0 spiro atoms. The molecular weight excluding hydrogens is 264 g/mol. The summed E-state index contributed by atoms with van der Waals surface area (Å²) < 4.78 is 5.57. The molecule has 0 saturated heterocycles. The largest absolute Gasteiger partial charge is 0.494 e. The first-order chi connectivity index (χ1) is 10.3. The third-order valence-electron chi connectivity index (χ3n) is 3.10. The van der Waals surface area contributed by atoms with Gasteiger partial charge in [-0.1, -0.05) is 24.3 Å². The third-order valence-corrected chi connectivity index (χ3v) is 3.10. The van der Waals surface area contributed by atoms with Crippen molar-refractivity contribution in [2.75, 3.05) is 13.7 Å². The number of benzene rings is 1. The number of carbonyl (C=O) groups is 1. The number of amides is 1. The fraction of sp³-hybridized carbons (Fsp3) is 0.294. The van der Waals surface area contributed by atoms with E-state index in [9.17, 15) is 4.79 Å². The van der Waals surface area contributed by atoms with Crippen molar-refractivity contribution in [3.8, 4) is 5.75 Å². The van der Waals surface area contributed by atoms with E-state index in [2.05, 4.69) is 4.98 Å². The minimum Gasteiger partial charge on any atom is -0.494 e. The van der Waals surface area contributed by atoms with Gasteiger partial charge in [-0.25, -0.2) is 0 Å². The Morgan fingerprint density at radius 1 is 1.14 bits per heavy atom. The van der Waals surface area contributed by atoms with E-state index in [4.69, 9.17) is 4.74 Å². The third kappa shape index (κ3) is 5.26. The van der Waals surface area contributed by atoms with Gasteiger partial charge in [0.1, 0.15) is 5.75 Å². The maximum Gasteiger partial charge on any atom is 0.222 e. The van der Waals surface area contributed by atoms with E-state index in [0.717, 1.165) is 11.4 Å². The van der Waals surface area contributed by atoms with E-state index in [1.807, 2.05) is 48.5 Å². The molecule has 110 valence electrons. The normalized spacial score (nSPS) is 10.1. The molecule has 0 radical (unpaired) electrons. The summed E-state index contributed by atoms with van der Waals surface area (Å²) in [5.74, 6) is 0.948. The molecule has 1 aromatic carbocycles. The second-order valence-electron chi connectivity index (χ2n) is 4.84. The minimum atomic E-state index is 0.109. The number of ether oxygens (including phenoxy) is 1. The Kier molecular flexibility index (Phi) is 5.76. The highest BCUT2D eigenvalue weighted by Crippen LogP contribution is 2.09. The molecular formula is C17H20N2O2. The highest BCUT2D eigenvalue weighted by atomic mass is 16.5. The fourth-order valence-electron chi connectivity index (χ4n) is 1.94. The SMILES string of the molecule is CN(Cc1ccccn1)C(=O)CCCOc1ccccc1. The number of hydrogen-bond acceptors (Lipinski definition) is 3. The predicted octanol–water partition coefficient (Wildman–Crippen LogP) is 2.90. The van der Waals surface area contributed by atoms with Crippen LogP contribution in [0.5, 0.6) is 5.75 Å². The number of nitrogens with zero attached hydrogens (tertiary/aromatic N) is 2. The summed E-state index contributed by atoms with van der Waals surface area (Å²) in [6, 6.07) is 15.3. The molecule has 4 heteroatoms. The molecule has 2 rings (SSSR count). The molecule has 21 heavy (non-hydrogen) atoms. The first kappa shape index (κ1) is 15.0. The Balaban J connectivity index is 1.67. The van der Waals surface area contributed by atoms with E-state index in [-0.39, 0.29) is 5.91 Å². The van der Waals surface area contributed by atoms with Crippen LogP contribution < -0.4 is 4.74 Å². The number of pyridine rings is 1. The van der Waals surface area contributed by atoms with Crippen LogP contribution in [0.3, 0.4) is 0 Å². The Morgan fingerprint density at radius 3 is 2.62 bits per heavy atom. The standard InChI is InChI=1S/C17H20N2O2/c1-19(14-15-8-5-6-12-18-15)17(20)11-7-13-21-16-9-3-2-4-10-16/h2-6,8-10,12H,7,11,13-14H2,1H3. The van der Waals surface area contributed by atoms with Crippen molar-refractivity contribution in [3.05, 3.63) is 60.4 Å². The molecule has 0 aliphatic heterocycles. The topological polar surface area (TPSA) is 42.4 Å². The molecule has 4 nitrogen and oxygen atoms in total. The van der Waals surface area contributed by atoms with Gasteiger partial charge in [-0.3, -0.25) is 9.78 Å². The van der Waals surface area contributed by atoms with Crippen LogP contribution >= 0.6 is 0 Å². The molecule has 0 fully saturated rings. The Labute approximate surface area is 125 Å². The van der Waals surface area contributed by atoms with Gasteiger partial charge in [-0.05, 0) is 30.7 Å². The van der Waals surface area contributed by atoms with Crippen LogP contribution in [0.4, 0.5) is 0 Å². The fourth-order valence-corrected chi connectivity index (χ4v) is 1.94. The Hall–Kier alpha value is -2.36. The van der Waals surface area contributed by atoms with Crippen LogP contribution in [-0.2, 0) is 11.3 Å². The predicted molar refractivity (Wildman–Crippen MR) is 81.9 cm³/mol. The van der Waals surface area contributed by atoms with Crippen LogP contribution in [-0.4, -0.2) is 29.4 Å². The van der Waals surface area contributed by atoms with Crippen LogP contribution in [0.15, 0.2) is 54.7 Å². The van der Waals surface area contributed by atoms with Crippen LogP contribution in [0.1, 0.15) is 18.5 Å². The van der Waals surface area contributed by atoms with Crippen molar-refractivity contribution in [1.82, 2.24) is 9.88 Å². The van der Waals surface area contributed by atoms with Crippen LogP contribution in [0.25, 0.3) is 0 Å². The van der Waals surface area contributed by atoms with Crippen LogP contribution in [0, 0.1) is 0 Å². The van der Waals surface area contributed by atoms with Crippen LogP contribution in [0.2, 0.25) is 0 Å². The van der Waals surface area contributed by atoms with E-state index < -0.39 is 0 Å². The van der Waals surface area contributed by atoms with Gasteiger partial charge in [0.15, 0.2) is 0 Å². The summed E-state index contributed by atoms with van der Waals surface area (Å²) in [6.07, 6.45) is 2.93. The highest BCUT2D eigenvalue weighted by molar-refractivity contribution is 5.75. The molecule has 1 heterocycles.